The molecular weight excluding hydrogens is 837 g/mol. The van der Waals surface area contributed by atoms with Crippen molar-refractivity contribution in [3.05, 3.63) is 60.8 Å². The first kappa shape index (κ1) is 65.6. The number of unbranched alkanes of at least 4 members (excludes halogenated alkanes) is 34. The van der Waals surface area contributed by atoms with Crippen molar-refractivity contribution in [2.45, 2.75) is 309 Å². The van der Waals surface area contributed by atoms with Crippen LogP contribution in [0.2, 0.25) is 0 Å². The van der Waals surface area contributed by atoms with Crippen molar-refractivity contribution in [1.82, 2.24) is 0 Å². The van der Waals surface area contributed by atoms with E-state index in [4.69, 9.17) is 14.2 Å². The lowest BCUT2D eigenvalue weighted by molar-refractivity contribution is -0.163. The average Bonchev–Trinajstić information content (AvgIpc) is 3.34. The minimum absolute atomic E-state index is 0.0783. The Morgan fingerprint density at radius 2 is 0.662 bits per heavy atom. The minimum atomic E-state index is -0.548. The fraction of sp³-hybridized carbons (Fsp3) is 0.810. The molecule has 0 aromatic rings. The molecule has 0 aromatic carbocycles. The van der Waals surface area contributed by atoms with Gasteiger partial charge in [-0.1, -0.05) is 268 Å². The topological polar surface area (TPSA) is 61.8 Å². The summed E-state index contributed by atoms with van der Waals surface area (Å²) in [6.07, 6.45) is 75.3. The number of carbonyl (C=O) groups excluding carboxylic acids is 2. The molecule has 68 heavy (non-hydrogen) atoms. The van der Waals surface area contributed by atoms with Crippen LogP contribution >= 0.6 is 0 Å². The lowest BCUT2D eigenvalue weighted by Crippen LogP contribution is -2.30. The van der Waals surface area contributed by atoms with E-state index in [0.29, 0.717) is 19.4 Å². The Hall–Kier alpha value is -2.40. The molecule has 396 valence electrons. The van der Waals surface area contributed by atoms with E-state index in [2.05, 4.69) is 81.5 Å². The Kier molecular flexibility index (Phi) is 56.8. The zero-order valence-electron chi connectivity index (χ0n) is 45.6. The summed E-state index contributed by atoms with van der Waals surface area (Å²) in [7, 11) is 0. The molecule has 0 amide bonds. The number of allylic oxidation sites excluding steroid dienone is 10. The van der Waals surface area contributed by atoms with E-state index >= 15 is 0 Å². The molecule has 0 N–H and O–H groups in total. The van der Waals surface area contributed by atoms with Crippen LogP contribution in [0.5, 0.6) is 0 Å². The second-order valence-electron chi connectivity index (χ2n) is 19.9. The predicted molar refractivity (Wildman–Crippen MR) is 298 cm³/mol. The zero-order valence-corrected chi connectivity index (χ0v) is 45.6. The summed E-state index contributed by atoms with van der Waals surface area (Å²) < 4.78 is 17.5. The van der Waals surface area contributed by atoms with Gasteiger partial charge in [0, 0.05) is 19.4 Å². The fourth-order valence-corrected chi connectivity index (χ4v) is 8.62. The van der Waals surface area contributed by atoms with E-state index in [1.165, 1.54) is 193 Å². The molecule has 0 spiro atoms. The van der Waals surface area contributed by atoms with E-state index in [9.17, 15) is 9.59 Å². The van der Waals surface area contributed by atoms with Crippen LogP contribution in [0, 0.1) is 0 Å². The van der Waals surface area contributed by atoms with Gasteiger partial charge in [0.05, 0.1) is 6.61 Å². The standard InChI is InChI=1S/C63H114O5/c1-4-7-10-13-16-19-22-25-28-30-32-33-36-38-41-44-47-50-53-56-62(64)67-60-61(68-63(65)57-54-51-48-45-42-39-35-27-24-21-18-15-12-9-6-3)59-66-58-55-52-49-46-43-40-37-34-31-29-26-23-20-17-14-11-8-5-2/h9,12,17-18,20-21,26-27,29,35,61H,4-8,10-11,13-16,19,22-25,28,30-34,36-60H2,1-3H3/b12-9-,20-17-,21-18-,29-26-,35-27-. The Morgan fingerprint density at radius 3 is 1.09 bits per heavy atom. The zero-order chi connectivity index (χ0) is 49.2. The quantitative estimate of drug-likeness (QED) is 0.0345. The van der Waals surface area contributed by atoms with Gasteiger partial charge in [-0.25, -0.2) is 0 Å². The summed E-state index contributed by atoms with van der Waals surface area (Å²) in [6.45, 7) is 7.71. The van der Waals surface area contributed by atoms with Gasteiger partial charge in [-0.3, -0.25) is 9.59 Å². The van der Waals surface area contributed by atoms with Gasteiger partial charge >= 0.3 is 11.9 Å². The number of esters is 2. The van der Waals surface area contributed by atoms with Gasteiger partial charge in [-0.15, -0.1) is 0 Å². The van der Waals surface area contributed by atoms with E-state index in [1.807, 2.05) is 0 Å². The Balaban J connectivity index is 4.26. The maximum absolute atomic E-state index is 12.9. The van der Waals surface area contributed by atoms with Crippen molar-refractivity contribution in [2.75, 3.05) is 19.8 Å². The fourth-order valence-electron chi connectivity index (χ4n) is 8.62. The SMILES string of the molecule is CC/C=C\C/C=C\C/C=C\CCCCCCCC(=O)OC(COCCCCCCCCCC/C=C\C/C=C\CCCCC)COC(=O)CCCCCCCCCCCCCCCCCCCCC. The number of hydrogen-bond acceptors (Lipinski definition) is 5. The van der Waals surface area contributed by atoms with Gasteiger partial charge in [-0.05, 0) is 83.5 Å². The molecule has 0 heterocycles. The summed E-state index contributed by atoms with van der Waals surface area (Å²) in [4.78, 5) is 25.5. The molecule has 1 unspecified atom stereocenters. The molecular formula is C63H114O5. The molecule has 0 aliphatic heterocycles. The van der Waals surface area contributed by atoms with Crippen molar-refractivity contribution in [1.29, 1.82) is 0 Å². The Labute approximate surface area is 424 Å². The highest BCUT2D eigenvalue weighted by Gasteiger charge is 2.17. The maximum atomic E-state index is 12.9. The lowest BCUT2D eigenvalue weighted by atomic mass is 10.0. The van der Waals surface area contributed by atoms with Crippen molar-refractivity contribution in [2.24, 2.45) is 0 Å². The average molecular weight is 952 g/mol. The smallest absolute Gasteiger partial charge is 0.306 e. The highest BCUT2D eigenvalue weighted by Crippen LogP contribution is 2.16. The number of rotatable bonds is 55. The molecule has 5 nitrogen and oxygen atoms in total. The molecule has 0 saturated heterocycles. The van der Waals surface area contributed by atoms with Gasteiger partial charge < -0.3 is 14.2 Å². The molecule has 1 atom stereocenters. The second kappa shape index (κ2) is 58.9. The number of ether oxygens (including phenoxy) is 3. The van der Waals surface area contributed by atoms with Crippen LogP contribution in [0.25, 0.3) is 0 Å². The van der Waals surface area contributed by atoms with Crippen molar-refractivity contribution < 1.29 is 23.8 Å². The molecule has 0 radical (unpaired) electrons. The van der Waals surface area contributed by atoms with Gasteiger partial charge in [-0.2, -0.15) is 0 Å². The molecule has 0 saturated carbocycles. The molecule has 0 aliphatic rings. The molecule has 0 bridgehead atoms. The van der Waals surface area contributed by atoms with E-state index in [0.717, 1.165) is 77.0 Å². The molecule has 0 fully saturated rings. The largest absolute Gasteiger partial charge is 0.462 e. The third-order valence-corrected chi connectivity index (χ3v) is 13.0. The molecule has 0 aliphatic carbocycles. The van der Waals surface area contributed by atoms with Crippen LogP contribution in [0.3, 0.4) is 0 Å². The van der Waals surface area contributed by atoms with Gasteiger partial charge in [0.2, 0.25) is 0 Å². The van der Waals surface area contributed by atoms with Crippen molar-refractivity contribution in [3.8, 4) is 0 Å². The summed E-state index contributed by atoms with van der Waals surface area (Å²) >= 11 is 0. The van der Waals surface area contributed by atoms with Gasteiger partial charge in [0.1, 0.15) is 6.61 Å². The third-order valence-electron chi connectivity index (χ3n) is 13.0. The molecule has 5 heteroatoms. The normalized spacial score (nSPS) is 12.6. The summed E-state index contributed by atoms with van der Waals surface area (Å²) in [5, 5.41) is 0. The number of carbonyl (C=O) groups is 2. The summed E-state index contributed by atoms with van der Waals surface area (Å²) in [6, 6.07) is 0. The van der Waals surface area contributed by atoms with Crippen LogP contribution in [-0.2, 0) is 23.8 Å². The molecule has 0 aromatic heterocycles. The van der Waals surface area contributed by atoms with E-state index in [-0.39, 0.29) is 25.2 Å². The predicted octanol–water partition coefficient (Wildman–Crippen LogP) is 20.5. The lowest BCUT2D eigenvalue weighted by Gasteiger charge is -2.18. The Bertz CT molecular complexity index is 1170. The van der Waals surface area contributed by atoms with Gasteiger partial charge in [0.25, 0.3) is 0 Å². The second-order valence-corrected chi connectivity index (χ2v) is 19.9. The first-order valence-corrected chi connectivity index (χ1v) is 29.8. The summed E-state index contributed by atoms with van der Waals surface area (Å²) in [5.41, 5.74) is 0. The van der Waals surface area contributed by atoms with Gasteiger partial charge in [0.15, 0.2) is 6.10 Å². The van der Waals surface area contributed by atoms with Crippen molar-refractivity contribution >= 4 is 11.9 Å². The highest BCUT2D eigenvalue weighted by atomic mass is 16.6. The third kappa shape index (κ3) is 56.2. The first-order chi connectivity index (χ1) is 33.6. The number of hydrogen-bond donors (Lipinski definition) is 0. The van der Waals surface area contributed by atoms with E-state index in [1.54, 1.807) is 0 Å². The first-order valence-electron chi connectivity index (χ1n) is 29.8. The van der Waals surface area contributed by atoms with Crippen LogP contribution in [0.15, 0.2) is 60.8 Å². The van der Waals surface area contributed by atoms with E-state index < -0.39 is 6.10 Å². The van der Waals surface area contributed by atoms with Crippen LogP contribution in [0.4, 0.5) is 0 Å². The van der Waals surface area contributed by atoms with Crippen LogP contribution < -0.4 is 0 Å². The minimum Gasteiger partial charge on any atom is -0.462 e. The van der Waals surface area contributed by atoms with Crippen LogP contribution in [-0.4, -0.2) is 37.9 Å². The Morgan fingerprint density at radius 1 is 0.338 bits per heavy atom. The van der Waals surface area contributed by atoms with Crippen LogP contribution in [0.1, 0.15) is 303 Å². The maximum Gasteiger partial charge on any atom is 0.306 e. The summed E-state index contributed by atoms with van der Waals surface area (Å²) in [5.74, 6) is -0.405. The monoisotopic (exact) mass is 951 g/mol. The highest BCUT2D eigenvalue weighted by molar-refractivity contribution is 5.70. The molecule has 0 rings (SSSR count). The van der Waals surface area contributed by atoms with Crippen molar-refractivity contribution in [3.63, 3.8) is 0 Å².